The third-order valence-corrected chi connectivity index (χ3v) is 6.76. The molecule has 2 aromatic carbocycles. The van der Waals surface area contributed by atoms with E-state index in [1.165, 1.54) is 30.3 Å². The molecule has 178 valence electrons. The number of nitrogens with zero attached hydrogens (tertiary/aromatic N) is 3. The van der Waals surface area contributed by atoms with Crippen LogP contribution in [0.15, 0.2) is 60.2 Å². The van der Waals surface area contributed by atoms with Crippen LogP contribution in [-0.4, -0.2) is 26.6 Å². The first-order valence-electron chi connectivity index (χ1n) is 10.2. The number of rotatable bonds is 3. The van der Waals surface area contributed by atoms with Gasteiger partial charge in [0.15, 0.2) is 5.01 Å². The molecule has 35 heavy (non-hydrogen) atoms. The van der Waals surface area contributed by atoms with Crippen molar-refractivity contribution in [1.29, 1.82) is 5.41 Å². The van der Waals surface area contributed by atoms with E-state index in [1.807, 2.05) is 0 Å². The van der Waals surface area contributed by atoms with Crippen molar-refractivity contribution < 1.29 is 22.4 Å². The predicted octanol–water partition coefficient (Wildman–Crippen LogP) is 5.18. The van der Waals surface area contributed by atoms with E-state index in [2.05, 4.69) is 15.0 Å². The summed E-state index contributed by atoms with van der Waals surface area (Å²) < 4.78 is 54.3. The van der Waals surface area contributed by atoms with Gasteiger partial charge in [0, 0.05) is 28.7 Å². The SMILES string of the molecule is C/C(N)=C1/C(=N)C(=O)N(c2ccc3nc[nH]c3c2)C1c1ccc(-c2cnc(C(F)(F)F)s2)cc1F. The molecule has 0 aliphatic carbocycles. The number of allylic oxidation sites excluding steroid dienone is 1. The molecule has 2 aromatic heterocycles. The van der Waals surface area contributed by atoms with Crippen LogP contribution in [0, 0.1) is 11.2 Å². The Bertz CT molecular complexity index is 1530. The monoisotopic (exact) mass is 500 g/mol. The van der Waals surface area contributed by atoms with Gasteiger partial charge in [-0.25, -0.2) is 14.4 Å². The summed E-state index contributed by atoms with van der Waals surface area (Å²) in [6, 6.07) is 7.89. The zero-order chi connectivity index (χ0) is 25.1. The van der Waals surface area contributed by atoms with Crippen molar-refractivity contribution in [2.75, 3.05) is 4.90 Å². The maximum atomic E-state index is 15.5. The van der Waals surface area contributed by atoms with Gasteiger partial charge in [-0.15, -0.1) is 11.3 Å². The summed E-state index contributed by atoms with van der Waals surface area (Å²) in [7, 11) is 0. The average Bonchev–Trinajstić information content (AvgIpc) is 3.51. The molecule has 7 nitrogen and oxygen atoms in total. The minimum absolute atomic E-state index is 0.0504. The number of fused-ring (bicyclic) bond motifs is 1. The fourth-order valence-electron chi connectivity index (χ4n) is 4.11. The second-order valence-electron chi connectivity index (χ2n) is 7.92. The lowest BCUT2D eigenvalue weighted by Gasteiger charge is -2.26. The number of carbonyl (C=O) groups is 1. The van der Waals surface area contributed by atoms with Gasteiger partial charge in [0.25, 0.3) is 5.91 Å². The van der Waals surface area contributed by atoms with E-state index in [1.54, 1.807) is 18.2 Å². The summed E-state index contributed by atoms with van der Waals surface area (Å²) in [6.45, 7) is 1.52. The number of nitrogens with one attached hydrogen (secondary N) is 2. The molecule has 1 fully saturated rings. The van der Waals surface area contributed by atoms with Crippen molar-refractivity contribution in [2.24, 2.45) is 5.73 Å². The molecule has 1 saturated heterocycles. The number of hydrogen-bond donors (Lipinski definition) is 3. The van der Waals surface area contributed by atoms with E-state index in [0.29, 0.717) is 28.1 Å². The minimum Gasteiger partial charge on any atom is -0.402 e. The first kappa shape index (κ1) is 22.7. The molecule has 0 radical (unpaired) electrons. The van der Waals surface area contributed by atoms with Crippen molar-refractivity contribution in [3.8, 4) is 10.4 Å². The van der Waals surface area contributed by atoms with Gasteiger partial charge in [-0.05, 0) is 36.8 Å². The molecule has 0 bridgehead atoms. The number of aromatic amines is 1. The standard InChI is InChI=1S/C23H16F4N6OS/c1-10(28)18-19(29)21(34)33(12-3-5-15-16(7-12)32-9-31-15)20(18)13-4-2-11(6-14(13)24)17-8-30-22(35-17)23(25,26)27/h2-9,20,29H,28H2,1H3,(H,31,32)/b18-10+,29-19?. The summed E-state index contributed by atoms with van der Waals surface area (Å²) in [6.07, 6.45) is -2.06. The Labute approximate surface area is 199 Å². The Morgan fingerprint density at radius 1 is 1.20 bits per heavy atom. The molecule has 1 unspecified atom stereocenters. The Morgan fingerprint density at radius 3 is 2.63 bits per heavy atom. The zero-order valence-corrected chi connectivity index (χ0v) is 18.8. The first-order valence-corrected chi connectivity index (χ1v) is 11.0. The Balaban J connectivity index is 1.62. The molecule has 12 heteroatoms. The average molecular weight is 500 g/mol. The van der Waals surface area contributed by atoms with Gasteiger partial charge >= 0.3 is 6.18 Å². The fourth-order valence-corrected chi connectivity index (χ4v) is 4.89. The van der Waals surface area contributed by atoms with Crippen molar-refractivity contribution in [2.45, 2.75) is 19.1 Å². The van der Waals surface area contributed by atoms with E-state index in [-0.39, 0.29) is 33.0 Å². The number of hydrogen-bond acceptors (Lipinski definition) is 6. The predicted molar refractivity (Wildman–Crippen MR) is 123 cm³/mol. The van der Waals surface area contributed by atoms with Crippen LogP contribution in [0.4, 0.5) is 23.2 Å². The summed E-state index contributed by atoms with van der Waals surface area (Å²) in [5, 5.41) is 7.33. The Hall–Kier alpha value is -4.06. The first-order chi connectivity index (χ1) is 16.6. The molecule has 4 N–H and O–H groups in total. The lowest BCUT2D eigenvalue weighted by Crippen LogP contribution is -2.29. The molecule has 4 aromatic rings. The number of H-pyrrole nitrogens is 1. The van der Waals surface area contributed by atoms with Gasteiger partial charge in [0.05, 0.1) is 28.3 Å². The number of halogens is 4. The van der Waals surface area contributed by atoms with Crippen molar-refractivity contribution in [3.63, 3.8) is 0 Å². The molecule has 1 aliphatic heterocycles. The van der Waals surface area contributed by atoms with Gasteiger partial charge in [0.1, 0.15) is 11.5 Å². The number of alkyl halides is 3. The maximum absolute atomic E-state index is 15.5. The summed E-state index contributed by atoms with van der Waals surface area (Å²) in [5.41, 5.74) is 7.96. The highest BCUT2D eigenvalue weighted by molar-refractivity contribution is 7.15. The molecular formula is C23H16F4N6OS. The minimum atomic E-state index is -4.60. The molecule has 5 rings (SSSR count). The normalized spacial score (nSPS) is 18.1. The topological polar surface area (TPSA) is 112 Å². The van der Waals surface area contributed by atoms with Crippen molar-refractivity contribution in [3.05, 3.63) is 76.6 Å². The molecule has 1 atom stereocenters. The Kier molecular flexibility index (Phi) is 5.20. The molecule has 3 heterocycles. The van der Waals surface area contributed by atoms with E-state index in [9.17, 15) is 18.0 Å². The van der Waals surface area contributed by atoms with Crippen LogP contribution in [0.2, 0.25) is 0 Å². The van der Waals surface area contributed by atoms with Crippen LogP contribution < -0.4 is 10.6 Å². The number of carbonyl (C=O) groups excluding carboxylic acids is 1. The molecule has 0 spiro atoms. The molecule has 1 aliphatic rings. The summed E-state index contributed by atoms with van der Waals surface area (Å²) >= 11 is 0.405. The Morgan fingerprint density at radius 2 is 1.97 bits per heavy atom. The third-order valence-electron chi connectivity index (χ3n) is 5.67. The van der Waals surface area contributed by atoms with E-state index in [4.69, 9.17) is 11.1 Å². The van der Waals surface area contributed by atoms with E-state index < -0.39 is 29.0 Å². The number of amides is 1. The smallest absolute Gasteiger partial charge is 0.402 e. The fraction of sp³-hybridized carbons (Fsp3) is 0.130. The third kappa shape index (κ3) is 3.75. The van der Waals surface area contributed by atoms with Crippen molar-refractivity contribution in [1.82, 2.24) is 15.0 Å². The number of anilines is 1. The lowest BCUT2D eigenvalue weighted by molar-refractivity contribution is -0.137. The van der Waals surface area contributed by atoms with Crippen LogP contribution in [-0.2, 0) is 11.0 Å². The van der Waals surface area contributed by atoms with Crippen LogP contribution in [0.5, 0.6) is 0 Å². The molecular weight excluding hydrogens is 484 g/mol. The van der Waals surface area contributed by atoms with E-state index in [0.717, 1.165) is 12.3 Å². The maximum Gasteiger partial charge on any atom is 0.443 e. The zero-order valence-electron chi connectivity index (χ0n) is 17.9. The molecule has 0 saturated carbocycles. The number of benzene rings is 2. The van der Waals surface area contributed by atoms with Crippen LogP contribution >= 0.6 is 11.3 Å². The highest BCUT2D eigenvalue weighted by atomic mass is 32.1. The van der Waals surface area contributed by atoms with Crippen LogP contribution in [0.25, 0.3) is 21.5 Å². The van der Waals surface area contributed by atoms with Gasteiger partial charge in [-0.2, -0.15) is 13.2 Å². The largest absolute Gasteiger partial charge is 0.443 e. The van der Waals surface area contributed by atoms with Crippen LogP contribution in [0.3, 0.4) is 0 Å². The van der Waals surface area contributed by atoms with Crippen molar-refractivity contribution >= 4 is 39.7 Å². The van der Waals surface area contributed by atoms with Gasteiger partial charge in [-0.1, -0.05) is 12.1 Å². The van der Waals surface area contributed by atoms with Gasteiger partial charge < -0.3 is 10.7 Å². The lowest BCUT2D eigenvalue weighted by atomic mass is 9.95. The highest BCUT2D eigenvalue weighted by Gasteiger charge is 2.44. The quantitative estimate of drug-likeness (QED) is 0.336. The highest BCUT2D eigenvalue weighted by Crippen LogP contribution is 2.43. The second-order valence-corrected chi connectivity index (χ2v) is 8.95. The summed E-state index contributed by atoms with van der Waals surface area (Å²) in [4.78, 5) is 25.0. The number of nitrogens with two attached hydrogens (primary N) is 1. The second kappa shape index (κ2) is 8.01. The number of aromatic nitrogens is 3. The number of thiazole rings is 1. The summed E-state index contributed by atoms with van der Waals surface area (Å²) in [5.74, 6) is -1.42. The van der Waals surface area contributed by atoms with Gasteiger partial charge in [0.2, 0.25) is 0 Å². The van der Waals surface area contributed by atoms with Gasteiger partial charge in [-0.3, -0.25) is 15.1 Å². The molecule has 1 amide bonds. The van der Waals surface area contributed by atoms with E-state index >= 15 is 4.39 Å². The van der Waals surface area contributed by atoms with Crippen LogP contribution in [0.1, 0.15) is 23.5 Å². The number of imidazole rings is 1.